The van der Waals surface area contributed by atoms with Crippen molar-refractivity contribution in [2.75, 3.05) is 19.6 Å². The summed E-state index contributed by atoms with van der Waals surface area (Å²) in [5.74, 6) is 0. The van der Waals surface area contributed by atoms with Crippen molar-refractivity contribution in [1.29, 1.82) is 0 Å². The Bertz CT molecular complexity index is 175. The highest BCUT2D eigenvalue weighted by Crippen LogP contribution is 2.20. The molecule has 3 unspecified atom stereocenters. The van der Waals surface area contributed by atoms with E-state index < -0.39 is 6.17 Å². The Hall–Kier alpha value is -0.150. The van der Waals surface area contributed by atoms with Gasteiger partial charge in [0, 0.05) is 25.2 Å². The van der Waals surface area contributed by atoms with Gasteiger partial charge in [-0.25, -0.2) is 4.39 Å². The lowest BCUT2D eigenvalue weighted by Crippen LogP contribution is -2.49. The molecule has 0 aliphatic carbocycles. The van der Waals surface area contributed by atoms with E-state index in [1.54, 1.807) is 0 Å². The Balaban J connectivity index is 1.84. The first-order chi connectivity index (χ1) is 6.77. The van der Waals surface area contributed by atoms with Crippen molar-refractivity contribution < 1.29 is 4.39 Å². The molecule has 2 fully saturated rings. The van der Waals surface area contributed by atoms with Gasteiger partial charge in [0.2, 0.25) is 0 Å². The first-order valence-electron chi connectivity index (χ1n) is 5.89. The molecule has 82 valence electrons. The number of halogens is 1. The van der Waals surface area contributed by atoms with Crippen molar-refractivity contribution in [3.63, 3.8) is 0 Å². The van der Waals surface area contributed by atoms with Gasteiger partial charge in [0.05, 0.1) is 0 Å². The van der Waals surface area contributed by atoms with Crippen molar-refractivity contribution >= 4 is 0 Å². The molecule has 0 aromatic heterocycles. The van der Waals surface area contributed by atoms with Crippen LogP contribution in [0.5, 0.6) is 0 Å². The van der Waals surface area contributed by atoms with Crippen LogP contribution in [0.4, 0.5) is 4.39 Å². The number of piperidine rings is 1. The molecule has 0 bridgehead atoms. The highest BCUT2D eigenvalue weighted by atomic mass is 19.1. The summed E-state index contributed by atoms with van der Waals surface area (Å²) in [5, 5.41) is 3.55. The number of alkyl halides is 1. The Morgan fingerprint density at radius 3 is 2.79 bits per heavy atom. The molecular weight excluding hydrogens is 179 g/mol. The summed E-state index contributed by atoms with van der Waals surface area (Å²) in [4.78, 5) is 2.30. The van der Waals surface area contributed by atoms with Gasteiger partial charge in [-0.05, 0) is 32.7 Å². The van der Waals surface area contributed by atoms with Gasteiger partial charge in [-0.15, -0.1) is 0 Å². The molecular formula is C11H21FN2. The van der Waals surface area contributed by atoms with Crippen LogP contribution in [0.25, 0.3) is 0 Å². The van der Waals surface area contributed by atoms with Crippen LogP contribution in [0, 0.1) is 0 Å². The molecule has 3 atom stereocenters. The second-order valence-corrected chi connectivity index (χ2v) is 4.68. The third-order valence-electron chi connectivity index (χ3n) is 3.67. The molecule has 2 saturated heterocycles. The van der Waals surface area contributed by atoms with Crippen molar-refractivity contribution in [3.8, 4) is 0 Å². The molecule has 2 aliphatic heterocycles. The van der Waals surface area contributed by atoms with Gasteiger partial charge in [-0.3, -0.25) is 4.90 Å². The summed E-state index contributed by atoms with van der Waals surface area (Å²) >= 11 is 0. The standard InChI is InChI=1S/C11H21FN2/c1-9(11-4-2-3-6-13-11)14-7-5-10(12)8-14/h9-11,13H,2-8H2,1H3. The third-order valence-corrected chi connectivity index (χ3v) is 3.67. The Labute approximate surface area is 85.9 Å². The van der Waals surface area contributed by atoms with Crippen LogP contribution in [0.3, 0.4) is 0 Å². The van der Waals surface area contributed by atoms with E-state index in [1.165, 1.54) is 19.3 Å². The van der Waals surface area contributed by atoms with Crippen LogP contribution in [0.1, 0.15) is 32.6 Å². The van der Waals surface area contributed by atoms with Crippen LogP contribution < -0.4 is 5.32 Å². The zero-order valence-corrected chi connectivity index (χ0v) is 9.01. The maximum Gasteiger partial charge on any atom is 0.114 e. The van der Waals surface area contributed by atoms with Gasteiger partial charge in [-0.2, -0.15) is 0 Å². The van der Waals surface area contributed by atoms with E-state index in [2.05, 4.69) is 17.1 Å². The molecule has 0 aromatic carbocycles. The molecule has 1 N–H and O–H groups in total. The number of nitrogens with zero attached hydrogens (tertiary/aromatic N) is 1. The number of hydrogen-bond acceptors (Lipinski definition) is 2. The third kappa shape index (κ3) is 2.26. The highest BCUT2D eigenvalue weighted by Gasteiger charge is 2.30. The molecule has 2 nitrogen and oxygen atoms in total. The lowest BCUT2D eigenvalue weighted by molar-refractivity contribution is 0.174. The molecule has 0 amide bonds. The van der Waals surface area contributed by atoms with Crippen LogP contribution >= 0.6 is 0 Å². The molecule has 0 radical (unpaired) electrons. The van der Waals surface area contributed by atoms with E-state index in [4.69, 9.17) is 0 Å². The predicted molar refractivity (Wildman–Crippen MR) is 56.2 cm³/mol. The van der Waals surface area contributed by atoms with E-state index in [-0.39, 0.29) is 0 Å². The maximum atomic E-state index is 13.0. The Morgan fingerprint density at radius 2 is 2.21 bits per heavy atom. The predicted octanol–water partition coefficient (Wildman–Crippen LogP) is 1.56. The summed E-state index contributed by atoms with van der Waals surface area (Å²) < 4.78 is 13.0. The van der Waals surface area contributed by atoms with Crippen LogP contribution in [0.2, 0.25) is 0 Å². The largest absolute Gasteiger partial charge is 0.312 e. The van der Waals surface area contributed by atoms with Gasteiger partial charge in [0.15, 0.2) is 0 Å². The van der Waals surface area contributed by atoms with Gasteiger partial charge in [0.1, 0.15) is 6.17 Å². The summed E-state index contributed by atoms with van der Waals surface area (Å²) in [6.07, 6.45) is 4.04. The van der Waals surface area contributed by atoms with Crippen molar-refractivity contribution in [3.05, 3.63) is 0 Å². The molecule has 0 saturated carbocycles. The van der Waals surface area contributed by atoms with Crippen molar-refractivity contribution in [2.45, 2.75) is 50.9 Å². The van der Waals surface area contributed by atoms with E-state index >= 15 is 0 Å². The Morgan fingerprint density at radius 1 is 1.36 bits per heavy atom. The fraction of sp³-hybridized carbons (Fsp3) is 1.00. The average Bonchev–Trinajstić information content (AvgIpc) is 2.65. The number of hydrogen-bond donors (Lipinski definition) is 1. The molecule has 0 aromatic rings. The molecule has 2 rings (SSSR count). The topological polar surface area (TPSA) is 15.3 Å². The second kappa shape index (κ2) is 4.58. The molecule has 0 spiro atoms. The monoisotopic (exact) mass is 200 g/mol. The van der Waals surface area contributed by atoms with Crippen molar-refractivity contribution in [2.24, 2.45) is 0 Å². The molecule has 2 aliphatic rings. The number of likely N-dealkylation sites (tertiary alicyclic amines) is 1. The summed E-state index contributed by atoms with van der Waals surface area (Å²) in [6, 6.07) is 1.10. The van der Waals surface area contributed by atoms with E-state index in [0.717, 1.165) is 19.5 Å². The van der Waals surface area contributed by atoms with Crippen molar-refractivity contribution in [1.82, 2.24) is 10.2 Å². The van der Waals surface area contributed by atoms with E-state index in [1.807, 2.05) is 0 Å². The zero-order valence-electron chi connectivity index (χ0n) is 9.01. The minimum Gasteiger partial charge on any atom is -0.312 e. The average molecular weight is 200 g/mol. The first-order valence-corrected chi connectivity index (χ1v) is 5.89. The van der Waals surface area contributed by atoms with Gasteiger partial charge in [-0.1, -0.05) is 6.42 Å². The van der Waals surface area contributed by atoms with E-state index in [0.29, 0.717) is 18.6 Å². The highest BCUT2D eigenvalue weighted by molar-refractivity contribution is 4.88. The summed E-state index contributed by atoms with van der Waals surface area (Å²) in [7, 11) is 0. The van der Waals surface area contributed by atoms with E-state index in [9.17, 15) is 4.39 Å². The smallest absolute Gasteiger partial charge is 0.114 e. The maximum absolute atomic E-state index is 13.0. The van der Waals surface area contributed by atoms with Crippen LogP contribution in [-0.4, -0.2) is 42.8 Å². The molecule has 2 heterocycles. The number of nitrogens with one attached hydrogen (secondary N) is 1. The van der Waals surface area contributed by atoms with Gasteiger partial charge in [0.25, 0.3) is 0 Å². The summed E-state index contributed by atoms with van der Waals surface area (Å²) in [6.45, 7) is 4.97. The Kier molecular flexibility index (Phi) is 3.39. The summed E-state index contributed by atoms with van der Waals surface area (Å²) in [5.41, 5.74) is 0. The van der Waals surface area contributed by atoms with Gasteiger partial charge >= 0.3 is 0 Å². The fourth-order valence-electron chi connectivity index (χ4n) is 2.66. The zero-order chi connectivity index (χ0) is 9.97. The van der Waals surface area contributed by atoms with Crippen LogP contribution in [-0.2, 0) is 0 Å². The lowest BCUT2D eigenvalue weighted by Gasteiger charge is -2.34. The normalized spacial score (nSPS) is 37.3. The lowest BCUT2D eigenvalue weighted by atomic mass is 9.98. The SMILES string of the molecule is CC(C1CCCCN1)N1CCC(F)C1. The first kappa shape index (κ1) is 10.4. The fourth-order valence-corrected chi connectivity index (χ4v) is 2.66. The van der Waals surface area contributed by atoms with Crippen LogP contribution in [0.15, 0.2) is 0 Å². The minimum absolute atomic E-state index is 0.510. The molecule has 14 heavy (non-hydrogen) atoms. The molecule has 3 heteroatoms. The number of rotatable bonds is 2. The second-order valence-electron chi connectivity index (χ2n) is 4.68. The van der Waals surface area contributed by atoms with Gasteiger partial charge < -0.3 is 5.32 Å². The minimum atomic E-state index is -0.582. The quantitative estimate of drug-likeness (QED) is 0.727.